The van der Waals surface area contributed by atoms with Gasteiger partial charge in [0.2, 0.25) is 0 Å². The summed E-state index contributed by atoms with van der Waals surface area (Å²) < 4.78 is 44.2. The van der Waals surface area contributed by atoms with Gasteiger partial charge in [0.15, 0.2) is 0 Å². The van der Waals surface area contributed by atoms with Crippen LogP contribution in [0.25, 0.3) is 0 Å². The second kappa shape index (κ2) is 4.12. The molecular formula is C8H15FO4S. The van der Waals surface area contributed by atoms with Gasteiger partial charge in [-0.25, -0.2) is 0 Å². The largest absolute Gasteiger partial charge is 0.378 e. The minimum absolute atomic E-state index is 0.140. The number of halogens is 1. The molecule has 0 radical (unpaired) electrons. The van der Waals surface area contributed by atoms with Crippen LogP contribution in [0.15, 0.2) is 0 Å². The van der Waals surface area contributed by atoms with Crippen molar-refractivity contribution in [3.63, 3.8) is 0 Å². The third-order valence-electron chi connectivity index (χ3n) is 1.99. The minimum Gasteiger partial charge on any atom is -0.378 e. The average molecular weight is 226 g/mol. The van der Waals surface area contributed by atoms with E-state index in [1.807, 2.05) is 0 Å². The lowest BCUT2D eigenvalue weighted by Gasteiger charge is -2.28. The molecule has 1 rings (SSSR count). The molecule has 0 spiro atoms. The van der Waals surface area contributed by atoms with Gasteiger partial charge in [0.05, 0.1) is 12.7 Å². The third-order valence-corrected chi connectivity index (χ3v) is 2.86. The van der Waals surface area contributed by atoms with E-state index in [4.69, 9.17) is 9.47 Å². The quantitative estimate of drug-likeness (QED) is 0.667. The standard InChI is InChI=1S/C8H15FO4S/c1-7(2)13-8(3-4-12-5-8)6-14(9,10)11/h7H,3-6H2,1-2H3. The molecule has 0 saturated carbocycles. The van der Waals surface area contributed by atoms with E-state index in [1.165, 1.54) is 0 Å². The zero-order chi connectivity index (χ0) is 10.8. The summed E-state index contributed by atoms with van der Waals surface area (Å²) in [6.45, 7) is 4.13. The fourth-order valence-corrected chi connectivity index (χ4v) is 2.57. The SMILES string of the molecule is CC(C)OC1(CS(=O)(=O)F)CCOC1. The first kappa shape index (κ1) is 11.9. The average Bonchev–Trinajstić information content (AvgIpc) is 2.30. The molecule has 0 amide bonds. The normalized spacial score (nSPS) is 28.6. The van der Waals surface area contributed by atoms with E-state index < -0.39 is 21.6 Å². The van der Waals surface area contributed by atoms with Gasteiger partial charge >= 0.3 is 10.2 Å². The second-order valence-corrected chi connectivity index (χ2v) is 5.20. The molecule has 0 aromatic rings. The number of hydrogen-bond donors (Lipinski definition) is 0. The van der Waals surface area contributed by atoms with Gasteiger partial charge in [-0.05, 0) is 13.8 Å². The lowest BCUT2D eigenvalue weighted by molar-refractivity contribution is -0.0674. The van der Waals surface area contributed by atoms with Crippen LogP contribution in [0.2, 0.25) is 0 Å². The van der Waals surface area contributed by atoms with Gasteiger partial charge in [0.25, 0.3) is 0 Å². The Hall–Kier alpha value is -0.200. The summed E-state index contributed by atoms with van der Waals surface area (Å²) in [5.41, 5.74) is -0.984. The lowest BCUT2D eigenvalue weighted by atomic mass is 10.1. The van der Waals surface area contributed by atoms with Crippen LogP contribution in [0.1, 0.15) is 20.3 Å². The highest BCUT2D eigenvalue weighted by atomic mass is 32.3. The summed E-state index contributed by atoms with van der Waals surface area (Å²) in [6, 6.07) is 0. The molecule has 1 atom stereocenters. The van der Waals surface area contributed by atoms with Crippen molar-refractivity contribution >= 4 is 10.2 Å². The van der Waals surface area contributed by atoms with E-state index in [0.29, 0.717) is 13.0 Å². The topological polar surface area (TPSA) is 52.6 Å². The Morgan fingerprint density at radius 1 is 1.57 bits per heavy atom. The molecule has 4 nitrogen and oxygen atoms in total. The molecule has 1 aliphatic rings. The molecule has 0 aliphatic carbocycles. The lowest BCUT2D eigenvalue weighted by Crippen LogP contribution is -2.41. The van der Waals surface area contributed by atoms with Crippen molar-refractivity contribution in [3.8, 4) is 0 Å². The first-order chi connectivity index (χ1) is 6.33. The van der Waals surface area contributed by atoms with Gasteiger partial charge in [-0.2, -0.15) is 8.42 Å². The summed E-state index contributed by atoms with van der Waals surface area (Å²) in [6.07, 6.45) is 0.285. The van der Waals surface area contributed by atoms with Crippen molar-refractivity contribution in [2.75, 3.05) is 19.0 Å². The molecule has 14 heavy (non-hydrogen) atoms. The van der Waals surface area contributed by atoms with Gasteiger partial charge in [-0.3, -0.25) is 0 Å². The van der Waals surface area contributed by atoms with E-state index in [1.54, 1.807) is 13.8 Å². The van der Waals surface area contributed by atoms with Crippen molar-refractivity contribution in [1.29, 1.82) is 0 Å². The Labute approximate surface area is 83.6 Å². The second-order valence-electron chi connectivity index (χ2n) is 3.84. The third kappa shape index (κ3) is 3.51. The van der Waals surface area contributed by atoms with Gasteiger partial charge in [-0.15, -0.1) is 3.89 Å². The van der Waals surface area contributed by atoms with Crippen molar-refractivity contribution in [3.05, 3.63) is 0 Å². The minimum atomic E-state index is -4.52. The molecule has 6 heteroatoms. The molecule has 0 bridgehead atoms. The van der Waals surface area contributed by atoms with Gasteiger partial charge < -0.3 is 9.47 Å². The molecule has 1 saturated heterocycles. The first-order valence-electron chi connectivity index (χ1n) is 4.51. The Morgan fingerprint density at radius 2 is 2.21 bits per heavy atom. The van der Waals surface area contributed by atoms with Crippen LogP contribution in [0, 0.1) is 0 Å². The van der Waals surface area contributed by atoms with Crippen LogP contribution >= 0.6 is 0 Å². The van der Waals surface area contributed by atoms with Gasteiger partial charge in [0.1, 0.15) is 11.4 Å². The predicted molar refractivity (Wildman–Crippen MR) is 49.3 cm³/mol. The molecule has 0 aromatic carbocycles. The predicted octanol–water partition coefficient (Wildman–Crippen LogP) is 0.870. The molecule has 0 aromatic heterocycles. The summed E-state index contributed by atoms with van der Waals surface area (Å²) in [7, 11) is -4.52. The maximum Gasteiger partial charge on any atom is 0.305 e. The van der Waals surface area contributed by atoms with Gasteiger partial charge in [0, 0.05) is 13.0 Å². The Kier molecular flexibility index (Phi) is 3.49. The maximum atomic E-state index is 12.6. The van der Waals surface area contributed by atoms with E-state index in [0.717, 1.165) is 0 Å². The van der Waals surface area contributed by atoms with Crippen LogP contribution in [-0.4, -0.2) is 39.1 Å². The zero-order valence-corrected chi connectivity index (χ0v) is 9.14. The fourth-order valence-electron chi connectivity index (χ4n) is 1.64. The monoisotopic (exact) mass is 226 g/mol. The Balaban J connectivity index is 2.72. The van der Waals surface area contributed by atoms with Crippen molar-refractivity contribution in [1.82, 2.24) is 0 Å². The highest BCUT2D eigenvalue weighted by Gasteiger charge is 2.41. The molecule has 84 valence electrons. The van der Waals surface area contributed by atoms with Crippen LogP contribution < -0.4 is 0 Å². The maximum absolute atomic E-state index is 12.6. The molecule has 1 aliphatic heterocycles. The van der Waals surface area contributed by atoms with Crippen LogP contribution in [0.3, 0.4) is 0 Å². The van der Waals surface area contributed by atoms with Crippen LogP contribution in [-0.2, 0) is 19.7 Å². The number of ether oxygens (including phenoxy) is 2. The zero-order valence-electron chi connectivity index (χ0n) is 8.32. The summed E-state index contributed by atoms with van der Waals surface area (Å²) >= 11 is 0. The van der Waals surface area contributed by atoms with Crippen LogP contribution in [0.5, 0.6) is 0 Å². The molecule has 1 unspecified atom stereocenters. The molecule has 1 fully saturated rings. The summed E-state index contributed by atoms with van der Waals surface area (Å²) in [5.74, 6) is -0.613. The van der Waals surface area contributed by atoms with E-state index in [2.05, 4.69) is 0 Å². The van der Waals surface area contributed by atoms with E-state index >= 15 is 0 Å². The fraction of sp³-hybridized carbons (Fsp3) is 1.00. The smallest absolute Gasteiger partial charge is 0.305 e. The summed E-state index contributed by atoms with van der Waals surface area (Å²) in [5, 5.41) is 0. The number of rotatable bonds is 4. The van der Waals surface area contributed by atoms with Crippen molar-refractivity contribution < 1.29 is 21.8 Å². The van der Waals surface area contributed by atoms with Crippen molar-refractivity contribution in [2.45, 2.75) is 32.0 Å². The van der Waals surface area contributed by atoms with E-state index in [-0.39, 0.29) is 12.7 Å². The number of hydrogen-bond acceptors (Lipinski definition) is 4. The summed E-state index contributed by atoms with van der Waals surface area (Å²) in [4.78, 5) is 0. The highest BCUT2D eigenvalue weighted by molar-refractivity contribution is 7.86. The van der Waals surface area contributed by atoms with Crippen molar-refractivity contribution in [2.24, 2.45) is 0 Å². The Morgan fingerprint density at radius 3 is 2.57 bits per heavy atom. The van der Waals surface area contributed by atoms with E-state index in [9.17, 15) is 12.3 Å². The molecule has 1 heterocycles. The molecule has 0 N–H and O–H groups in total. The van der Waals surface area contributed by atoms with Crippen LogP contribution in [0.4, 0.5) is 3.89 Å². The highest BCUT2D eigenvalue weighted by Crippen LogP contribution is 2.27. The first-order valence-corrected chi connectivity index (χ1v) is 6.06. The molecular weight excluding hydrogens is 211 g/mol. The Bertz CT molecular complexity index is 280. The van der Waals surface area contributed by atoms with Gasteiger partial charge in [-0.1, -0.05) is 0 Å².